The number of carbonyl (C=O) groups is 3. The topological polar surface area (TPSA) is 154 Å². The molecule has 0 saturated carbocycles. The number of ether oxygens (including phenoxy) is 2. The number of carboxylic acid groups (broad SMARTS) is 1. The van der Waals surface area contributed by atoms with E-state index in [0.717, 1.165) is 5.56 Å². The van der Waals surface area contributed by atoms with Crippen molar-refractivity contribution in [3.05, 3.63) is 35.9 Å². The van der Waals surface area contributed by atoms with Gasteiger partial charge in [-0.15, -0.1) is 0 Å². The van der Waals surface area contributed by atoms with Crippen LogP contribution in [0.15, 0.2) is 30.3 Å². The molecule has 5 N–H and O–H groups in total. The van der Waals surface area contributed by atoms with Crippen molar-refractivity contribution >= 4 is 17.9 Å². The molecule has 0 atom stereocenters. The Morgan fingerprint density at radius 2 is 1.66 bits per heavy atom. The maximum Gasteiger partial charge on any atom is 0.347 e. The second-order valence-corrected chi connectivity index (χ2v) is 5.67. The van der Waals surface area contributed by atoms with Crippen LogP contribution in [0.3, 0.4) is 0 Å². The Hall–Kier alpha value is -0.738. The number of aliphatic hydroxyl groups excluding tert-OH is 1. The first kappa shape index (κ1) is 32.9. The number of aliphatic hydroxyl groups is 1. The van der Waals surface area contributed by atoms with Gasteiger partial charge in [0.1, 0.15) is 13.2 Å². The van der Waals surface area contributed by atoms with Crippen molar-refractivity contribution in [2.75, 3.05) is 26.2 Å². The molecule has 0 aliphatic carbocycles. The summed E-state index contributed by atoms with van der Waals surface area (Å²) < 4.78 is 9.35. The molecule has 0 aliphatic heterocycles. The first-order valence-corrected chi connectivity index (χ1v) is 8.06. The molecule has 0 spiro atoms. The van der Waals surface area contributed by atoms with E-state index in [4.69, 9.17) is 20.2 Å². The van der Waals surface area contributed by atoms with Gasteiger partial charge in [0.25, 0.3) is 0 Å². The Morgan fingerprint density at radius 3 is 2.10 bits per heavy atom. The number of rotatable bonds is 10. The predicted molar refractivity (Wildman–Crippen MR) is 93.8 cm³/mol. The molecular formula is C17H26N2O8WY. The van der Waals surface area contributed by atoms with Gasteiger partial charge in [-0.2, -0.15) is 5.48 Å². The quantitative estimate of drug-likeness (QED) is 0.128. The fourth-order valence-corrected chi connectivity index (χ4v) is 1.49. The number of hydrogen-bond acceptors (Lipinski definition) is 9. The van der Waals surface area contributed by atoms with Crippen LogP contribution in [0.5, 0.6) is 0 Å². The normalized spacial score (nSPS) is 9.66. The van der Waals surface area contributed by atoms with Gasteiger partial charge in [0.05, 0.1) is 13.2 Å². The van der Waals surface area contributed by atoms with Gasteiger partial charge in [-0.1, -0.05) is 30.3 Å². The Labute approximate surface area is 208 Å². The number of hydroxylamine groups is 1. The largest absolute Gasteiger partial charge is 0.478 e. The van der Waals surface area contributed by atoms with E-state index in [-0.39, 0.29) is 86.6 Å². The summed E-state index contributed by atoms with van der Waals surface area (Å²) in [6.45, 7) is 2.34. The van der Waals surface area contributed by atoms with E-state index in [2.05, 4.69) is 10.1 Å². The number of esters is 2. The molecule has 0 amide bonds. The summed E-state index contributed by atoms with van der Waals surface area (Å²) >= 11 is 0. The Morgan fingerprint density at radius 1 is 1.07 bits per heavy atom. The third-order valence-electron chi connectivity index (χ3n) is 2.94. The maximum absolute atomic E-state index is 11.3. The average molecular weight is 659 g/mol. The van der Waals surface area contributed by atoms with Crippen LogP contribution in [0.2, 0.25) is 0 Å². The third kappa shape index (κ3) is 17.8. The molecule has 10 nitrogen and oxygen atoms in total. The zero-order valence-electron chi connectivity index (χ0n) is 16.3. The number of carboxylic acids is 1. The van der Waals surface area contributed by atoms with Crippen molar-refractivity contribution in [3.63, 3.8) is 0 Å². The molecule has 1 radical (unpaired) electrons. The smallest absolute Gasteiger partial charge is 0.347 e. The SMILES string of the molecule is CC(C)(OC(=O)CNCCOC(=O)CNO)C(=O)O.OCc1ccccc1.[W].[Y]. The summed E-state index contributed by atoms with van der Waals surface area (Å²) in [4.78, 5) is 32.7. The van der Waals surface area contributed by atoms with Gasteiger partial charge in [-0.3, -0.25) is 9.59 Å². The van der Waals surface area contributed by atoms with Crippen molar-refractivity contribution < 1.29 is 93.1 Å². The number of benzene rings is 1. The third-order valence-corrected chi connectivity index (χ3v) is 2.94. The zero-order chi connectivity index (χ0) is 20.7. The number of aliphatic carboxylic acids is 1. The zero-order valence-corrected chi connectivity index (χ0v) is 22.1. The Bertz CT molecular complexity index is 590. The molecule has 0 aliphatic rings. The van der Waals surface area contributed by atoms with Crippen LogP contribution in [-0.4, -0.2) is 65.2 Å². The van der Waals surface area contributed by atoms with Crippen LogP contribution in [0.25, 0.3) is 0 Å². The standard InChI is InChI=1S/C10H18N2O7.C7H8O.W.Y/c1-10(2,9(15)16)19-8(14)5-11-3-4-18-7(13)6-12-17;8-6-7-4-2-1-3-5-7;;/h11-12,17H,3-6H2,1-2H3,(H,15,16);1-5,8H,6H2;;. The van der Waals surface area contributed by atoms with Crippen molar-refractivity contribution in [1.82, 2.24) is 10.8 Å². The van der Waals surface area contributed by atoms with Crippen molar-refractivity contribution in [2.45, 2.75) is 26.1 Å². The van der Waals surface area contributed by atoms with Crippen molar-refractivity contribution in [2.24, 2.45) is 0 Å². The second kappa shape index (κ2) is 19.2. The molecule has 1 rings (SSSR count). The van der Waals surface area contributed by atoms with Crippen molar-refractivity contribution in [1.29, 1.82) is 0 Å². The number of carbonyl (C=O) groups excluding carboxylic acids is 2. The Balaban J connectivity index is -0.000000567. The van der Waals surface area contributed by atoms with Gasteiger partial charge < -0.3 is 30.2 Å². The molecule has 1 aromatic rings. The molecule has 0 heterocycles. The minimum absolute atomic E-state index is 0. The average Bonchev–Trinajstić information content (AvgIpc) is 2.62. The van der Waals surface area contributed by atoms with Crippen LogP contribution >= 0.6 is 0 Å². The minimum Gasteiger partial charge on any atom is -0.478 e. The van der Waals surface area contributed by atoms with Gasteiger partial charge in [-0.25, -0.2) is 4.79 Å². The maximum atomic E-state index is 11.3. The fourth-order valence-electron chi connectivity index (χ4n) is 1.49. The molecular weight excluding hydrogens is 633 g/mol. The number of nitrogens with one attached hydrogen (secondary N) is 2. The summed E-state index contributed by atoms with van der Waals surface area (Å²) in [6, 6.07) is 9.52. The van der Waals surface area contributed by atoms with E-state index < -0.39 is 23.5 Å². The second-order valence-electron chi connectivity index (χ2n) is 5.67. The van der Waals surface area contributed by atoms with Gasteiger partial charge in [0.2, 0.25) is 5.60 Å². The van der Waals surface area contributed by atoms with Crippen LogP contribution in [-0.2, 0) is 84.2 Å². The summed E-state index contributed by atoms with van der Waals surface area (Å²) in [5.41, 5.74) is 1.02. The van der Waals surface area contributed by atoms with Gasteiger partial charge in [0, 0.05) is 60.3 Å². The van der Waals surface area contributed by atoms with Gasteiger partial charge in [-0.05, 0) is 19.4 Å². The minimum atomic E-state index is -1.59. The molecule has 29 heavy (non-hydrogen) atoms. The molecule has 0 fully saturated rings. The first-order chi connectivity index (χ1) is 12.7. The summed E-state index contributed by atoms with van der Waals surface area (Å²) in [7, 11) is 0. The van der Waals surface area contributed by atoms with Crippen LogP contribution < -0.4 is 10.8 Å². The molecule has 0 aromatic heterocycles. The summed E-state index contributed by atoms with van der Waals surface area (Å²) in [6.07, 6.45) is 0. The van der Waals surface area contributed by atoms with E-state index in [1.807, 2.05) is 30.3 Å². The molecule has 161 valence electrons. The first-order valence-electron chi connectivity index (χ1n) is 8.06. The van der Waals surface area contributed by atoms with E-state index in [1.165, 1.54) is 13.8 Å². The molecule has 0 unspecified atom stereocenters. The van der Waals surface area contributed by atoms with E-state index >= 15 is 0 Å². The number of hydrogen-bond donors (Lipinski definition) is 5. The molecule has 0 bridgehead atoms. The van der Waals surface area contributed by atoms with Crippen LogP contribution in [0, 0.1) is 0 Å². The summed E-state index contributed by atoms with van der Waals surface area (Å²) in [5.74, 6) is -2.61. The van der Waals surface area contributed by atoms with E-state index in [0.29, 0.717) is 0 Å². The summed E-state index contributed by atoms with van der Waals surface area (Å²) in [5, 5.41) is 28.1. The molecule has 0 saturated heterocycles. The van der Waals surface area contributed by atoms with Gasteiger partial charge in [0.15, 0.2) is 0 Å². The van der Waals surface area contributed by atoms with Crippen LogP contribution in [0.4, 0.5) is 0 Å². The van der Waals surface area contributed by atoms with E-state index in [1.54, 1.807) is 5.48 Å². The van der Waals surface area contributed by atoms with Crippen molar-refractivity contribution in [3.8, 4) is 0 Å². The fraction of sp³-hybridized carbons (Fsp3) is 0.471. The Kier molecular flexibility index (Phi) is 21.8. The molecule has 12 heteroatoms. The van der Waals surface area contributed by atoms with Crippen LogP contribution in [0.1, 0.15) is 19.4 Å². The van der Waals surface area contributed by atoms with Gasteiger partial charge >= 0.3 is 17.9 Å². The molecule has 1 aromatic carbocycles. The van der Waals surface area contributed by atoms with E-state index in [9.17, 15) is 14.4 Å². The predicted octanol–water partition coefficient (Wildman–Crippen LogP) is -0.322. The monoisotopic (exact) mass is 659 g/mol.